The quantitative estimate of drug-likeness (QED) is 0.396. The van der Waals surface area contributed by atoms with E-state index < -0.39 is 27.2 Å². The van der Waals surface area contributed by atoms with Crippen molar-refractivity contribution >= 4 is 21.0 Å². The lowest BCUT2D eigenvalue weighted by Crippen LogP contribution is -2.16. The van der Waals surface area contributed by atoms with Gasteiger partial charge in [-0.15, -0.1) is 0 Å². The molecular weight excluding hydrogens is 463 g/mol. The Morgan fingerprint density at radius 1 is 1.12 bits per heavy atom. The first kappa shape index (κ1) is 23.4. The molecule has 0 radical (unpaired) electrons. The summed E-state index contributed by atoms with van der Waals surface area (Å²) in [5.74, 6) is -0.595. The Labute approximate surface area is 194 Å². The van der Waals surface area contributed by atoms with E-state index in [1.807, 2.05) is 0 Å². The number of pyridine rings is 1. The van der Waals surface area contributed by atoms with Crippen LogP contribution in [-0.2, 0) is 22.2 Å². The maximum Gasteiger partial charge on any atom is 0.340 e. The van der Waals surface area contributed by atoms with Crippen molar-refractivity contribution in [2.24, 2.45) is 5.14 Å². The van der Waals surface area contributed by atoms with Crippen LogP contribution in [0.15, 0.2) is 63.9 Å². The molecule has 0 atom stereocenters. The van der Waals surface area contributed by atoms with Gasteiger partial charge in [0, 0.05) is 35.2 Å². The molecule has 34 heavy (non-hydrogen) atoms. The average Bonchev–Trinajstić information content (AvgIpc) is 2.77. The summed E-state index contributed by atoms with van der Waals surface area (Å²) in [7, 11) is -2.35. The summed E-state index contributed by atoms with van der Waals surface area (Å²) in [6.45, 7) is 1.79. The van der Waals surface area contributed by atoms with Gasteiger partial charge in [0.2, 0.25) is 10.0 Å². The molecule has 4 rings (SSSR count). The lowest BCUT2D eigenvalue weighted by Gasteiger charge is -2.14. The minimum Gasteiger partial charge on any atom is -0.496 e. The summed E-state index contributed by atoms with van der Waals surface area (Å²) in [5, 5.41) is 5.86. The normalized spacial score (nSPS) is 11.5. The number of aryl methyl sites for hydroxylation is 1. The van der Waals surface area contributed by atoms with Gasteiger partial charge in [-0.3, -0.25) is 0 Å². The molecule has 0 fully saturated rings. The van der Waals surface area contributed by atoms with E-state index in [2.05, 4.69) is 4.98 Å². The molecular formula is C24H21FN2O6S. The van der Waals surface area contributed by atoms with Gasteiger partial charge in [0.15, 0.2) is 5.82 Å². The number of primary sulfonamides is 1. The molecule has 2 N–H and O–H groups in total. The van der Waals surface area contributed by atoms with Crippen LogP contribution in [0, 0.1) is 12.7 Å². The third kappa shape index (κ3) is 4.92. The van der Waals surface area contributed by atoms with Gasteiger partial charge in [-0.05, 0) is 42.3 Å². The number of benzene rings is 2. The number of nitrogens with zero attached hydrogens (tertiary/aromatic N) is 1. The van der Waals surface area contributed by atoms with Gasteiger partial charge in [-0.1, -0.05) is 18.2 Å². The zero-order valence-corrected chi connectivity index (χ0v) is 19.2. The number of sulfonamides is 1. The topological polar surface area (TPSA) is 122 Å². The molecule has 0 saturated heterocycles. The molecule has 0 amide bonds. The van der Waals surface area contributed by atoms with E-state index >= 15 is 0 Å². The van der Waals surface area contributed by atoms with Gasteiger partial charge in [-0.2, -0.15) is 0 Å². The summed E-state index contributed by atoms with van der Waals surface area (Å²) >= 11 is 0. The summed E-state index contributed by atoms with van der Waals surface area (Å²) in [6, 6.07) is 12.5. The van der Waals surface area contributed by atoms with Crippen molar-refractivity contribution in [2.75, 3.05) is 7.11 Å². The van der Waals surface area contributed by atoms with Crippen molar-refractivity contribution in [1.82, 2.24) is 4.98 Å². The monoisotopic (exact) mass is 484 g/mol. The van der Waals surface area contributed by atoms with Crippen LogP contribution in [0.4, 0.5) is 4.39 Å². The van der Waals surface area contributed by atoms with Crippen molar-refractivity contribution in [3.8, 4) is 17.4 Å². The molecule has 0 aliphatic carbocycles. The first-order valence-corrected chi connectivity index (χ1v) is 11.9. The fraction of sp³-hybridized carbons (Fsp3) is 0.167. The van der Waals surface area contributed by atoms with Crippen LogP contribution in [-0.4, -0.2) is 20.5 Å². The highest BCUT2D eigenvalue weighted by atomic mass is 32.2. The maximum atomic E-state index is 13.8. The largest absolute Gasteiger partial charge is 0.496 e. The van der Waals surface area contributed by atoms with Gasteiger partial charge >= 0.3 is 5.63 Å². The van der Waals surface area contributed by atoms with Gasteiger partial charge < -0.3 is 13.9 Å². The highest BCUT2D eigenvalue weighted by Crippen LogP contribution is 2.31. The van der Waals surface area contributed by atoms with Crippen LogP contribution in [0.1, 0.15) is 22.3 Å². The number of fused-ring (bicyclic) bond motifs is 1. The number of para-hydroxylation sites is 1. The number of hydrogen-bond acceptors (Lipinski definition) is 7. The Balaban J connectivity index is 1.72. The molecule has 0 saturated carbocycles. The molecule has 8 nitrogen and oxygen atoms in total. The number of halogens is 1. The molecule has 2 heterocycles. The zero-order chi connectivity index (χ0) is 24.5. The van der Waals surface area contributed by atoms with Crippen molar-refractivity contribution in [3.63, 3.8) is 0 Å². The fourth-order valence-electron chi connectivity index (χ4n) is 3.76. The zero-order valence-electron chi connectivity index (χ0n) is 18.4. The van der Waals surface area contributed by atoms with Crippen molar-refractivity contribution in [3.05, 3.63) is 93.2 Å². The van der Waals surface area contributed by atoms with Gasteiger partial charge in [0.05, 0.1) is 12.9 Å². The first-order valence-electron chi connectivity index (χ1n) is 10.2. The maximum absolute atomic E-state index is 13.8. The molecule has 2 aromatic heterocycles. The van der Waals surface area contributed by atoms with Gasteiger partial charge in [0.25, 0.3) is 5.88 Å². The SMILES string of the molecule is COc1c(Cc2c(C)c3ccc(Oc4ncccc4F)cc3oc2=O)cccc1CS(N)(=O)=O. The van der Waals surface area contributed by atoms with Crippen LogP contribution >= 0.6 is 0 Å². The molecule has 0 unspecified atom stereocenters. The minimum absolute atomic E-state index is 0.156. The Morgan fingerprint density at radius 2 is 1.88 bits per heavy atom. The van der Waals surface area contributed by atoms with Crippen molar-refractivity contribution in [1.29, 1.82) is 0 Å². The first-order chi connectivity index (χ1) is 16.2. The Hall–Kier alpha value is -3.76. The van der Waals surface area contributed by atoms with Crippen LogP contribution in [0.25, 0.3) is 11.0 Å². The summed E-state index contributed by atoms with van der Waals surface area (Å²) in [6.07, 6.45) is 1.56. The van der Waals surface area contributed by atoms with Crippen LogP contribution in [0.2, 0.25) is 0 Å². The summed E-state index contributed by atoms with van der Waals surface area (Å²) in [5.41, 5.74) is 1.79. The minimum atomic E-state index is -3.77. The summed E-state index contributed by atoms with van der Waals surface area (Å²) in [4.78, 5) is 16.7. The molecule has 0 spiro atoms. The predicted molar refractivity (Wildman–Crippen MR) is 124 cm³/mol. The van der Waals surface area contributed by atoms with E-state index in [-0.39, 0.29) is 23.6 Å². The van der Waals surface area contributed by atoms with E-state index in [1.165, 1.54) is 31.5 Å². The molecule has 0 aliphatic heterocycles. The molecule has 0 aliphatic rings. The molecule has 2 aromatic carbocycles. The number of aromatic nitrogens is 1. The van der Waals surface area contributed by atoms with Gasteiger partial charge in [-0.25, -0.2) is 27.7 Å². The van der Waals surface area contributed by atoms with Crippen LogP contribution in [0.3, 0.4) is 0 Å². The van der Waals surface area contributed by atoms with E-state index in [1.54, 1.807) is 37.3 Å². The number of nitrogens with two attached hydrogens (primary N) is 1. The smallest absolute Gasteiger partial charge is 0.340 e. The number of methoxy groups -OCH3 is 1. The standard InChI is InChI=1S/C24H21FN2O6S/c1-14-18-9-8-17(32-23-20(25)7-4-10-27-23)12-21(18)33-24(28)19(14)11-15-5-3-6-16(22(15)31-2)13-34(26,29)30/h3-10,12H,11,13H2,1-2H3,(H2,26,29,30). The highest BCUT2D eigenvalue weighted by molar-refractivity contribution is 7.88. The molecule has 176 valence electrons. The Morgan fingerprint density at radius 3 is 2.59 bits per heavy atom. The molecule has 10 heteroatoms. The second kappa shape index (κ2) is 9.24. The van der Waals surface area contributed by atoms with Crippen molar-refractivity contribution in [2.45, 2.75) is 19.1 Å². The summed E-state index contributed by atoms with van der Waals surface area (Å²) < 4.78 is 53.5. The Kier molecular flexibility index (Phi) is 6.36. The second-order valence-corrected chi connectivity index (χ2v) is 9.25. The lowest BCUT2D eigenvalue weighted by molar-refractivity contribution is 0.406. The predicted octanol–water partition coefficient (Wildman–Crippen LogP) is 3.82. The van der Waals surface area contributed by atoms with E-state index in [9.17, 15) is 17.6 Å². The molecule has 4 aromatic rings. The highest BCUT2D eigenvalue weighted by Gasteiger charge is 2.18. The Bertz CT molecular complexity index is 1550. The number of rotatable bonds is 7. The van der Waals surface area contributed by atoms with E-state index in [4.69, 9.17) is 19.0 Å². The van der Waals surface area contributed by atoms with Crippen LogP contribution in [0.5, 0.6) is 17.4 Å². The van der Waals surface area contributed by atoms with Crippen molar-refractivity contribution < 1.29 is 26.7 Å². The third-order valence-electron chi connectivity index (χ3n) is 5.30. The fourth-order valence-corrected chi connectivity index (χ4v) is 4.42. The third-order valence-corrected chi connectivity index (χ3v) is 6.02. The number of hydrogen-bond donors (Lipinski definition) is 1. The van der Waals surface area contributed by atoms with Crippen LogP contribution < -0.4 is 20.2 Å². The average molecular weight is 485 g/mol. The lowest BCUT2D eigenvalue weighted by atomic mass is 9.98. The van der Waals surface area contributed by atoms with E-state index in [0.717, 1.165) is 0 Å². The second-order valence-electron chi connectivity index (χ2n) is 7.64. The molecule has 0 bridgehead atoms. The van der Waals surface area contributed by atoms with Gasteiger partial charge in [0.1, 0.15) is 17.1 Å². The number of ether oxygens (including phenoxy) is 2. The van der Waals surface area contributed by atoms with E-state index in [0.29, 0.717) is 33.4 Å².